The summed E-state index contributed by atoms with van der Waals surface area (Å²) < 4.78 is 16.6. The molecule has 1 amide bonds. The molecule has 1 aromatic rings. The Kier molecular flexibility index (Phi) is 11.0. The van der Waals surface area contributed by atoms with Crippen LogP contribution in [0.25, 0.3) is 10.4 Å². The van der Waals surface area contributed by atoms with Gasteiger partial charge < -0.3 is 24.8 Å². The number of amides is 1. The summed E-state index contributed by atoms with van der Waals surface area (Å²) in [6.07, 6.45) is 0.839. The normalized spacial score (nSPS) is 19.8. The number of ether oxygens (including phenoxy) is 3. The number of benzene rings is 1. The van der Waals surface area contributed by atoms with Crippen LogP contribution < -0.4 is 10.5 Å². The van der Waals surface area contributed by atoms with Gasteiger partial charge in [-0.15, -0.1) is 0 Å². The average Bonchev–Trinajstić information content (AvgIpc) is 3.19. The third kappa shape index (κ3) is 7.74. The summed E-state index contributed by atoms with van der Waals surface area (Å²) in [5.41, 5.74) is 15.4. The number of hydrogen-bond donors (Lipinski definition) is 1. The van der Waals surface area contributed by atoms with Crippen LogP contribution in [0.15, 0.2) is 11.2 Å². The Morgan fingerprint density at radius 3 is 2.70 bits per heavy atom. The van der Waals surface area contributed by atoms with E-state index in [4.69, 9.17) is 37.1 Å². The molecule has 12 heteroatoms. The van der Waals surface area contributed by atoms with Crippen molar-refractivity contribution in [3.8, 4) is 5.75 Å². The number of nitrogen functional groups attached to an aromatic ring is 1. The van der Waals surface area contributed by atoms with Crippen LogP contribution in [0, 0.1) is 5.92 Å². The number of nitrogens with zero attached hydrogens (tertiary/aromatic N) is 4. The first-order valence-corrected chi connectivity index (χ1v) is 12.9. The van der Waals surface area contributed by atoms with Crippen molar-refractivity contribution < 1.29 is 28.6 Å². The molecule has 0 radical (unpaired) electrons. The number of halogens is 1. The minimum atomic E-state index is -0.846. The molecule has 2 heterocycles. The van der Waals surface area contributed by atoms with Gasteiger partial charge in [-0.1, -0.05) is 25.4 Å². The number of esters is 2. The average molecular weight is 538 g/mol. The number of rotatable bonds is 8. The molecule has 1 aromatic carbocycles. The lowest BCUT2D eigenvalue weighted by Crippen LogP contribution is -2.48. The molecule has 0 saturated carbocycles. The Bertz CT molecular complexity index is 1060. The summed E-state index contributed by atoms with van der Waals surface area (Å²) in [6.45, 7) is 11.1. The Balaban J connectivity index is 0.00000235. The van der Waals surface area contributed by atoms with Crippen molar-refractivity contribution in [2.75, 3.05) is 32.0 Å². The molecule has 0 aromatic heterocycles. The van der Waals surface area contributed by atoms with Gasteiger partial charge in [0.1, 0.15) is 23.0 Å². The van der Waals surface area contributed by atoms with Gasteiger partial charge in [0.25, 0.3) is 0 Å². The Hall–Kier alpha value is -3.01. The molecule has 2 unspecified atom stereocenters. The highest BCUT2D eigenvalue weighted by molar-refractivity contribution is 6.33. The van der Waals surface area contributed by atoms with Crippen LogP contribution in [0.3, 0.4) is 0 Å². The van der Waals surface area contributed by atoms with Crippen LogP contribution in [0.5, 0.6) is 5.75 Å². The topological polar surface area (TPSA) is 157 Å². The van der Waals surface area contributed by atoms with E-state index in [9.17, 15) is 14.4 Å². The molecule has 3 rings (SSSR count). The summed E-state index contributed by atoms with van der Waals surface area (Å²) in [6, 6.07) is 1.41. The summed E-state index contributed by atoms with van der Waals surface area (Å²) in [5, 5.41) is 3.45. The Morgan fingerprint density at radius 1 is 1.35 bits per heavy atom. The fraction of sp³-hybridized carbons (Fsp3) is 0.640. The van der Waals surface area contributed by atoms with Gasteiger partial charge in [0.2, 0.25) is 5.91 Å². The number of fused-ring (bicyclic) bond motifs is 1. The first kappa shape index (κ1) is 30.2. The summed E-state index contributed by atoms with van der Waals surface area (Å²) in [7, 11) is 0. The number of piperidine rings is 1. The summed E-state index contributed by atoms with van der Waals surface area (Å²) >= 11 is 6.27. The molecule has 0 aliphatic carbocycles. The third-order valence-electron chi connectivity index (χ3n) is 6.09. The van der Waals surface area contributed by atoms with E-state index < -0.39 is 29.5 Å². The van der Waals surface area contributed by atoms with Gasteiger partial charge in [0.05, 0.1) is 23.2 Å². The van der Waals surface area contributed by atoms with Gasteiger partial charge in [-0.05, 0) is 56.9 Å². The molecule has 2 N–H and O–H groups in total. The van der Waals surface area contributed by atoms with Gasteiger partial charge in [0.15, 0.2) is 0 Å². The van der Waals surface area contributed by atoms with Crippen molar-refractivity contribution in [1.82, 2.24) is 4.90 Å². The zero-order valence-electron chi connectivity index (χ0n) is 22.1. The number of anilines is 1. The monoisotopic (exact) mass is 537 g/mol. The zero-order valence-corrected chi connectivity index (χ0v) is 22.8. The zero-order chi connectivity index (χ0) is 27.8. The quantitative estimate of drug-likeness (QED) is 0.164. The van der Waals surface area contributed by atoms with E-state index in [1.807, 2.05) is 32.6 Å². The SMILES string of the molecule is CC.CCOC(=O)CCCN1CCC(OC(=O)c2cc(Cl)c(N)c3c2OC(C)(C)C3)C(C(=O)N=[N+]=[N-])C1. The van der Waals surface area contributed by atoms with Crippen LogP contribution in [0.4, 0.5) is 5.69 Å². The van der Waals surface area contributed by atoms with Crippen LogP contribution in [-0.2, 0) is 25.5 Å². The van der Waals surface area contributed by atoms with Crippen LogP contribution in [0.1, 0.15) is 69.8 Å². The van der Waals surface area contributed by atoms with Gasteiger partial charge in [-0.2, -0.15) is 0 Å². The number of carbonyl (C=O) groups is 3. The van der Waals surface area contributed by atoms with E-state index in [2.05, 4.69) is 10.0 Å². The van der Waals surface area contributed by atoms with Crippen molar-refractivity contribution in [2.45, 2.75) is 72.0 Å². The number of likely N-dealkylation sites (tertiary alicyclic amines) is 1. The van der Waals surface area contributed by atoms with Crippen LogP contribution in [0.2, 0.25) is 5.02 Å². The lowest BCUT2D eigenvalue weighted by Gasteiger charge is -2.36. The van der Waals surface area contributed by atoms with E-state index in [0.29, 0.717) is 56.0 Å². The maximum Gasteiger partial charge on any atom is 0.342 e. The smallest absolute Gasteiger partial charge is 0.342 e. The Morgan fingerprint density at radius 2 is 2.05 bits per heavy atom. The molecule has 1 fully saturated rings. The first-order valence-electron chi connectivity index (χ1n) is 12.5. The van der Waals surface area contributed by atoms with E-state index in [1.165, 1.54) is 6.07 Å². The fourth-order valence-electron chi connectivity index (χ4n) is 4.46. The highest BCUT2D eigenvalue weighted by atomic mass is 35.5. The van der Waals surface area contributed by atoms with Crippen molar-refractivity contribution in [3.05, 3.63) is 32.7 Å². The van der Waals surface area contributed by atoms with Gasteiger partial charge in [-0.25, -0.2) is 4.79 Å². The van der Waals surface area contributed by atoms with Crippen molar-refractivity contribution in [3.63, 3.8) is 0 Å². The molecule has 2 aliphatic rings. The maximum atomic E-state index is 13.2. The second kappa shape index (κ2) is 13.5. The molecule has 204 valence electrons. The second-order valence-electron chi connectivity index (χ2n) is 9.24. The van der Waals surface area contributed by atoms with Gasteiger partial charge in [-0.3, -0.25) is 9.59 Å². The first-order chi connectivity index (χ1) is 17.6. The maximum absolute atomic E-state index is 13.2. The molecule has 11 nitrogen and oxygen atoms in total. The number of azide groups is 1. The predicted molar refractivity (Wildman–Crippen MR) is 139 cm³/mol. The number of hydrogen-bond acceptors (Lipinski definition) is 8. The molecule has 2 atom stereocenters. The highest BCUT2D eigenvalue weighted by Gasteiger charge is 2.40. The number of carbonyl (C=O) groups excluding carboxylic acids is 3. The molecular weight excluding hydrogens is 502 g/mol. The van der Waals surface area contributed by atoms with Crippen LogP contribution >= 0.6 is 11.6 Å². The van der Waals surface area contributed by atoms with E-state index in [1.54, 1.807) is 6.92 Å². The molecule has 37 heavy (non-hydrogen) atoms. The van der Waals surface area contributed by atoms with Crippen molar-refractivity contribution >= 4 is 35.1 Å². The summed E-state index contributed by atoms with van der Waals surface area (Å²) in [5.74, 6) is -2.20. The van der Waals surface area contributed by atoms with E-state index >= 15 is 0 Å². The molecule has 0 spiro atoms. The third-order valence-corrected chi connectivity index (χ3v) is 6.40. The van der Waals surface area contributed by atoms with Crippen molar-refractivity contribution in [1.29, 1.82) is 0 Å². The Labute approximate surface area is 222 Å². The largest absolute Gasteiger partial charge is 0.486 e. The van der Waals surface area contributed by atoms with Crippen LogP contribution in [-0.4, -0.2) is 60.7 Å². The van der Waals surface area contributed by atoms with E-state index in [-0.39, 0.29) is 29.5 Å². The van der Waals surface area contributed by atoms with Gasteiger partial charge in [0, 0.05) is 36.4 Å². The highest BCUT2D eigenvalue weighted by Crippen LogP contribution is 2.44. The van der Waals surface area contributed by atoms with Crippen molar-refractivity contribution in [2.24, 2.45) is 11.0 Å². The minimum absolute atomic E-state index is 0.136. The molecule has 1 saturated heterocycles. The summed E-state index contributed by atoms with van der Waals surface area (Å²) in [4.78, 5) is 41.9. The molecular formula is C25H36ClN5O6. The predicted octanol–water partition coefficient (Wildman–Crippen LogP) is 4.69. The molecule has 0 bridgehead atoms. The standard InChI is InChI=1S/C23H30ClN5O6.C2H6/c1-4-33-18(30)6-5-8-29-9-7-17(15(12-29)21(31)27-28-26)34-22(32)13-10-16(24)19(25)14-11-23(2,3)35-20(13)14;1-2/h10,15,17H,4-9,11-12,25H2,1-3H3;1-2H3. The second-order valence-corrected chi connectivity index (χ2v) is 9.65. The lowest BCUT2D eigenvalue weighted by molar-refractivity contribution is -0.143. The van der Waals surface area contributed by atoms with E-state index in [0.717, 1.165) is 0 Å². The fourth-order valence-corrected chi connectivity index (χ4v) is 4.68. The number of nitrogens with two attached hydrogens (primary N) is 1. The minimum Gasteiger partial charge on any atom is -0.486 e. The lowest BCUT2D eigenvalue weighted by atomic mass is 9.93. The van der Waals surface area contributed by atoms with Gasteiger partial charge >= 0.3 is 11.9 Å². The molecule has 2 aliphatic heterocycles.